The molecule has 7 nitrogen and oxygen atoms in total. The van der Waals surface area contributed by atoms with E-state index < -0.39 is 11.9 Å². The van der Waals surface area contributed by atoms with Gasteiger partial charge in [-0.2, -0.15) is 0 Å². The summed E-state index contributed by atoms with van der Waals surface area (Å²) < 4.78 is 14.9. The molecule has 124 valence electrons. The average Bonchev–Trinajstić information content (AvgIpc) is 3.01. The van der Waals surface area contributed by atoms with Crippen LogP contribution in [0.5, 0.6) is 0 Å². The van der Waals surface area contributed by atoms with Crippen LogP contribution < -0.4 is 5.32 Å². The summed E-state index contributed by atoms with van der Waals surface area (Å²) in [4.78, 5) is 22.2. The molecule has 0 radical (unpaired) electrons. The van der Waals surface area contributed by atoms with Gasteiger partial charge in [0.1, 0.15) is 5.82 Å². The highest BCUT2D eigenvalue weighted by Gasteiger charge is 2.04. The van der Waals surface area contributed by atoms with Gasteiger partial charge in [0.15, 0.2) is 0 Å². The van der Waals surface area contributed by atoms with Crippen molar-refractivity contribution in [2.45, 2.75) is 19.5 Å². The Balaban J connectivity index is 0.000000379. The second-order valence-corrected chi connectivity index (χ2v) is 4.57. The minimum Gasteiger partial charge on any atom is -0.473 e. The zero-order chi connectivity index (χ0) is 17.1. The lowest BCUT2D eigenvalue weighted by Crippen LogP contribution is -2.16. The van der Waals surface area contributed by atoms with Crippen LogP contribution in [0.25, 0.3) is 0 Å². The third kappa shape index (κ3) is 8.32. The Morgan fingerprint density at radius 1 is 1.26 bits per heavy atom. The Hall–Kier alpha value is -2.74. The molecular formula is C15H18FN3O4. The van der Waals surface area contributed by atoms with Crippen molar-refractivity contribution in [3.63, 3.8) is 0 Å². The molecule has 1 heterocycles. The molecule has 0 saturated heterocycles. The van der Waals surface area contributed by atoms with E-state index in [9.17, 15) is 4.39 Å². The van der Waals surface area contributed by atoms with Gasteiger partial charge in [-0.3, -0.25) is 0 Å². The van der Waals surface area contributed by atoms with Crippen LogP contribution in [0.15, 0.2) is 43.0 Å². The second-order valence-electron chi connectivity index (χ2n) is 4.57. The monoisotopic (exact) mass is 323 g/mol. The molecule has 0 fully saturated rings. The van der Waals surface area contributed by atoms with Gasteiger partial charge in [-0.1, -0.05) is 12.1 Å². The number of carbonyl (C=O) groups is 2. The Labute approximate surface area is 132 Å². The molecule has 0 aliphatic heterocycles. The largest absolute Gasteiger partial charge is 0.473 e. The van der Waals surface area contributed by atoms with E-state index in [0.717, 1.165) is 25.1 Å². The number of carboxylic acids is 2. The van der Waals surface area contributed by atoms with E-state index in [1.807, 2.05) is 23.2 Å². The van der Waals surface area contributed by atoms with Crippen molar-refractivity contribution in [3.8, 4) is 0 Å². The lowest BCUT2D eigenvalue weighted by atomic mass is 10.2. The minimum absolute atomic E-state index is 0.178. The molecule has 0 saturated carbocycles. The summed E-state index contributed by atoms with van der Waals surface area (Å²) in [7, 11) is 0. The quantitative estimate of drug-likeness (QED) is 0.548. The topological polar surface area (TPSA) is 104 Å². The summed E-state index contributed by atoms with van der Waals surface area (Å²) in [6.07, 6.45) is 6.57. The zero-order valence-corrected chi connectivity index (χ0v) is 12.4. The second kappa shape index (κ2) is 10.1. The third-order valence-electron chi connectivity index (χ3n) is 2.73. The molecule has 0 amide bonds. The van der Waals surface area contributed by atoms with Crippen LogP contribution in [0.3, 0.4) is 0 Å². The van der Waals surface area contributed by atoms with Gasteiger partial charge in [0, 0.05) is 25.5 Å². The number of imidazole rings is 1. The predicted octanol–water partition coefficient (Wildman–Crippen LogP) is 1.36. The SMILES string of the molecule is Fc1cccc(CNCCCn2ccnc2)c1.O=C(O)C(=O)O. The predicted molar refractivity (Wildman–Crippen MR) is 80.2 cm³/mol. The molecule has 0 aliphatic carbocycles. The maximum absolute atomic E-state index is 12.9. The zero-order valence-electron chi connectivity index (χ0n) is 12.4. The lowest BCUT2D eigenvalue weighted by molar-refractivity contribution is -0.159. The van der Waals surface area contributed by atoms with Gasteiger partial charge in [0.25, 0.3) is 0 Å². The van der Waals surface area contributed by atoms with E-state index in [1.54, 1.807) is 18.3 Å². The first-order chi connectivity index (χ1) is 11.0. The average molecular weight is 323 g/mol. The first-order valence-corrected chi connectivity index (χ1v) is 6.86. The summed E-state index contributed by atoms with van der Waals surface area (Å²) in [5.41, 5.74) is 0.979. The normalized spacial score (nSPS) is 9.78. The number of rotatable bonds is 6. The van der Waals surface area contributed by atoms with Crippen molar-refractivity contribution in [1.29, 1.82) is 0 Å². The van der Waals surface area contributed by atoms with Gasteiger partial charge in [0.2, 0.25) is 0 Å². The fraction of sp³-hybridized carbons (Fsp3) is 0.267. The van der Waals surface area contributed by atoms with Crippen molar-refractivity contribution in [2.24, 2.45) is 0 Å². The smallest absolute Gasteiger partial charge is 0.414 e. The molecule has 1 aromatic carbocycles. The highest BCUT2D eigenvalue weighted by molar-refractivity contribution is 6.27. The molecule has 0 bridgehead atoms. The number of nitrogens with zero attached hydrogens (tertiary/aromatic N) is 2. The molecule has 1 aromatic heterocycles. The Morgan fingerprint density at radius 2 is 2.00 bits per heavy atom. The molecule has 2 rings (SSSR count). The van der Waals surface area contributed by atoms with Crippen LogP contribution in [0, 0.1) is 5.82 Å². The van der Waals surface area contributed by atoms with Gasteiger partial charge in [0.05, 0.1) is 6.33 Å². The van der Waals surface area contributed by atoms with Gasteiger partial charge in [-0.15, -0.1) is 0 Å². The molecule has 3 N–H and O–H groups in total. The third-order valence-corrected chi connectivity index (χ3v) is 2.73. The number of nitrogens with one attached hydrogen (secondary N) is 1. The van der Waals surface area contributed by atoms with Crippen LogP contribution in [-0.2, 0) is 22.7 Å². The van der Waals surface area contributed by atoms with E-state index in [0.29, 0.717) is 6.54 Å². The molecule has 0 aliphatic rings. The molecule has 8 heteroatoms. The van der Waals surface area contributed by atoms with Crippen LogP contribution >= 0.6 is 0 Å². The van der Waals surface area contributed by atoms with Crippen LogP contribution in [0.1, 0.15) is 12.0 Å². The van der Waals surface area contributed by atoms with Gasteiger partial charge in [-0.25, -0.2) is 19.0 Å². The van der Waals surface area contributed by atoms with E-state index in [2.05, 4.69) is 10.3 Å². The van der Waals surface area contributed by atoms with Gasteiger partial charge >= 0.3 is 11.9 Å². The standard InChI is InChI=1S/C13H16FN3.C2H2O4/c14-13-4-1-3-12(9-13)10-15-5-2-7-17-8-6-16-11-17;3-1(4)2(5)6/h1,3-4,6,8-9,11,15H,2,5,7,10H2;(H,3,4)(H,5,6). The maximum Gasteiger partial charge on any atom is 0.414 e. The molecule has 23 heavy (non-hydrogen) atoms. The van der Waals surface area contributed by atoms with Crippen molar-refractivity contribution < 1.29 is 24.2 Å². The molecule has 2 aromatic rings. The lowest BCUT2D eigenvalue weighted by Gasteiger charge is -2.05. The van der Waals surface area contributed by atoms with Crippen molar-refractivity contribution >= 4 is 11.9 Å². The number of hydrogen-bond donors (Lipinski definition) is 3. The number of hydrogen-bond acceptors (Lipinski definition) is 4. The van der Waals surface area contributed by atoms with Crippen molar-refractivity contribution in [1.82, 2.24) is 14.9 Å². The maximum atomic E-state index is 12.9. The molecular weight excluding hydrogens is 305 g/mol. The van der Waals surface area contributed by atoms with E-state index >= 15 is 0 Å². The summed E-state index contributed by atoms with van der Waals surface area (Å²) in [6, 6.07) is 6.68. The summed E-state index contributed by atoms with van der Waals surface area (Å²) in [5.74, 6) is -3.83. The summed E-state index contributed by atoms with van der Waals surface area (Å²) in [6.45, 7) is 2.58. The molecule has 0 unspecified atom stereocenters. The fourth-order valence-corrected chi connectivity index (χ4v) is 1.69. The van der Waals surface area contributed by atoms with Crippen LogP contribution in [-0.4, -0.2) is 38.2 Å². The Bertz CT molecular complexity index is 605. The Kier molecular flexibility index (Phi) is 8.01. The molecule has 0 spiro atoms. The number of carboxylic acid groups (broad SMARTS) is 2. The number of aromatic nitrogens is 2. The Morgan fingerprint density at radius 3 is 2.57 bits per heavy atom. The van der Waals surface area contributed by atoms with Crippen molar-refractivity contribution in [2.75, 3.05) is 6.54 Å². The summed E-state index contributed by atoms with van der Waals surface area (Å²) in [5, 5.41) is 18.1. The highest BCUT2D eigenvalue weighted by Crippen LogP contribution is 2.02. The van der Waals surface area contributed by atoms with Gasteiger partial charge in [-0.05, 0) is 30.7 Å². The van der Waals surface area contributed by atoms with Gasteiger partial charge < -0.3 is 20.1 Å². The molecule has 0 atom stereocenters. The van der Waals surface area contributed by atoms with Crippen LogP contribution in [0.4, 0.5) is 4.39 Å². The van der Waals surface area contributed by atoms with E-state index in [1.165, 1.54) is 6.07 Å². The number of benzene rings is 1. The summed E-state index contributed by atoms with van der Waals surface area (Å²) >= 11 is 0. The van der Waals surface area contributed by atoms with Crippen molar-refractivity contribution in [3.05, 3.63) is 54.4 Å². The first-order valence-electron chi connectivity index (χ1n) is 6.86. The van der Waals surface area contributed by atoms with E-state index in [4.69, 9.17) is 19.8 Å². The number of aryl methyl sites for hydroxylation is 1. The minimum atomic E-state index is -1.82. The first kappa shape index (κ1) is 18.3. The number of aliphatic carboxylic acids is 2. The highest BCUT2D eigenvalue weighted by atomic mass is 19.1. The van der Waals surface area contributed by atoms with Crippen LogP contribution in [0.2, 0.25) is 0 Å². The van der Waals surface area contributed by atoms with E-state index in [-0.39, 0.29) is 5.82 Å². The fourth-order valence-electron chi connectivity index (χ4n) is 1.69. The number of halogens is 1.